The van der Waals surface area contributed by atoms with Crippen molar-refractivity contribution in [2.24, 2.45) is 5.92 Å². The minimum absolute atomic E-state index is 0.0253. The molecule has 2 nitrogen and oxygen atoms in total. The maximum absolute atomic E-state index is 13.7. The fourth-order valence-electron chi connectivity index (χ4n) is 2.38. The van der Waals surface area contributed by atoms with Gasteiger partial charge in [-0.2, -0.15) is 0 Å². The number of halogens is 1. The van der Waals surface area contributed by atoms with Crippen LogP contribution in [0.2, 0.25) is 0 Å². The molecule has 0 unspecified atom stereocenters. The van der Waals surface area contributed by atoms with Gasteiger partial charge in [0, 0.05) is 24.7 Å². The summed E-state index contributed by atoms with van der Waals surface area (Å²) in [5, 5.41) is 18.0. The highest BCUT2D eigenvalue weighted by Crippen LogP contribution is 2.23. The minimum atomic E-state index is -0.209. The number of hydrogen-bond donors (Lipinski definition) is 2. The van der Waals surface area contributed by atoms with Crippen LogP contribution in [0.25, 0.3) is 11.1 Å². The number of aliphatic hydroxyl groups excluding tert-OH is 2. The van der Waals surface area contributed by atoms with Crippen molar-refractivity contribution in [3.63, 3.8) is 0 Å². The maximum Gasteiger partial charge on any atom is 0.131 e. The van der Waals surface area contributed by atoms with Gasteiger partial charge in [-0.25, -0.2) is 4.39 Å². The Morgan fingerprint density at radius 1 is 0.905 bits per heavy atom. The van der Waals surface area contributed by atoms with Crippen molar-refractivity contribution < 1.29 is 14.6 Å². The van der Waals surface area contributed by atoms with Crippen LogP contribution in [0.3, 0.4) is 0 Å². The van der Waals surface area contributed by atoms with E-state index in [2.05, 4.69) is 0 Å². The number of hydrogen-bond acceptors (Lipinski definition) is 2. The second kappa shape index (κ2) is 7.91. The summed E-state index contributed by atoms with van der Waals surface area (Å²) in [6.07, 6.45) is 2.63. The van der Waals surface area contributed by atoms with Crippen LogP contribution >= 0.6 is 0 Å². The number of aryl methyl sites for hydroxylation is 1. The first kappa shape index (κ1) is 15.7. The Balaban J connectivity index is 1.95. The Hall–Kier alpha value is -1.71. The van der Waals surface area contributed by atoms with Crippen LogP contribution in [0.4, 0.5) is 4.39 Å². The van der Waals surface area contributed by atoms with Gasteiger partial charge < -0.3 is 10.2 Å². The Bertz CT molecular complexity index is 547. The van der Waals surface area contributed by atoms with Gasteiger partial charge in [0.25, 0.3) is 0 Å². The molecule has 0 bridgehead atoms. The fourth-order valence-corrected chi connectivity index (χ4v) is 2.38. The first-order valence-corrected chi connectivity index (χ1v) is 7.30. The number of benzene rings is 2. The molecule has 2 N–H and O–H groups in total. The average Bonchev–Trinajstić information content (AvgIpc) is 2.53. The molecule has 0 heterocycles. The topological polar surface area (TPSA) is 40.5 Å². The van der Waals surface area contributed by atoms with Crippen LogP contribution in [0.15, 0.2) is 48.5 Å². The lowest BCUT2D eigenvalue weighted by molar-refractivity contribution is 0.142. The predicted molar refractivity (Wildman–Crippen MR) is 82.4 cm³/mol. The third kappa shape index (κ3) is 4.38. The molecule has 3 heteroatoms. The number of aliphatic hydroxyl groups is 2. The molecule has 0 aliphatic carbocycles. The monoisotopic (exact) mass is 288 g/mol. The van der Waals surface area contributed by atoms with Gasteiger partial charge in [-0.1, -0.05) is 42.5 Å². The first-order chi connectivity index (χ1) is 10.2. The Morgan fingerprint density at radius 2 is 1.57 bits per heavy atom. The quantitative estimate of drug-likeness (QED) is 0.819. The highest BCUT2D eigenvalue weighted by molar-refractivity contribution is 5.64. The van der Waals surface area contributed by atoms with Crippen molar-refractivity contribution in [1.29, 1.82) is 0 Å². The van der Waals surface area contributed by atoms with Crippen LogP contribution in [-0.2, 0) is 6.42 Å². The lowest BCUT2D eigenvalue weighted by Gasteiger charge is -2.10. The molecular weight excluding hydrogens is 267 g/mol. The van der Waals surface area contributed by atoms with Crippen molar-refractivity contribution in [2.45, 2.75) is 19.3 Å². The Labute approximate surface area is 124 Å². The third-order valence-corrected chi connectivity index (χ3v) is 3.73. The predicted octanol–water partition coefficient (Wildman–Crippen LogP) is 3.42. The molecule has 0 aromatic heterocycles. The van der Waals surface area contributed by atoms with Crippen molar-refractivity contribution in [2.75, 3.05) is 13.2 Å². The smallest absolute Gasteiger partial charge is 0.131 e. The second-order valence-corrected chi connectivity index (χ2v) is 5.30. The van der Waals surface area contributed by atoms with Crippen LogP contribution < -0.4 is 0 Å². The molecule has 0 spiro atoms. The Morgan fingerprint density at radius 3 is 2.19 bits per heavy atom. The third-order valence-electron chi connectivity index (χ3n) is 3.73. The molecule has 0 aliphatic rings. The van der Waals surface area contributed by atoms with Gasteiger partial charge in [0.1, 0.15) is 5.82 Å². The molecule has 0 radical (unpaired) electrons. The fraction of sp³-hybridized carbons (Fsp3) is 0.333. The second-order valence-electron chi connectivity index (χ2n) is 5.30. The molecule has 2 rings (SSSR count). The van der Waals surface area contributed by atoms with Gasteiger partial charge in [-0.05, 0) is 36.5 Å². The zero-order valence-corrected chi connectivity index (χ0v) is 12.0. The van der Waals surface area contributed by atoms with E-state index in [0.29, 0.717) is 5.56 Å². The first-order valence-electron chi connectivity index (χ1n) is 7.30. The van der Waals surface area contributed by atoms with Crippen molar-refractivity contribution in [3.05, 3.63) is 59.9 Å². The van der Waals surface area contributed by atoms with Gasteiger partial charge in [0.05, 0.1) is 0 Å². The van der Waals surface area contributed by atoms with Crippen molar-refractivity contribution in [3.8, 4) is 11.1 Å². The van der Waals surface area contributed by atoms with Crippen LogP contribution in [0.1, 0.15) is 18.4 Å². The van der Waals surface area contributed by atoms with Crippen LogP contribution in [-0.4, -0.2) is 23.4 Å². The molecule has 2 aromatic carbocycles. The van der Waals surface area contributed by atoms with Gasteiger partial charge >= 0.3 is 0 Å². The summed E-state index contributed by atoms with van der Waals surface area (Å²) < 4.78 is 13.7. The highest BCUT2D eigenvalue weighted by atomic mass is 19.1. The van der Waals surface area contributed by atoms with E-state index in [1.165, 1.54) is 11.6 Å². The summed E-state index contributed by atoms with van der Waals surface area (Å²) in [5.41, 5.74) is 2.68. The normalized spacial score (nSPS) is 11.0. The van der Waals surface area contributed by atoms with E-state index in [1.54, 1.807) is 12.1 Å². The zero-order valence-electron chi connectivity index (χ0n) is 12.0. The van der Waals surface area contributed by atoms with Gasteiger partial charge in [0.2, 0.25) is 0 Å². The van der Waals surface area contributed by atoms with Crippen LogP contribution in [0.5, 0.6) is 0 Å². The summed E-state index contributed by atoms with van der Waals surface area (Å²) in [7, 11) is 0. The minimum Gasteiger partial charge on any atom is -0.396 e. The summed E-state index contributed by atoms with van der Waals surface area (Å²) in [4.78, 5) is 0. The van der Waals surface area contributed by atoms with Crippen LogP contribution in [0, 0.1) is 11.7 Å². The van der Waals surface area contributed by atoms with E-state index in [-0.39, 0.29) is 24.9 Å². The summed E-state index contributed by atoms with van der Waals surface area (Å²) >= 11 is 0. The van der Waals surface area contributed by atoms with Gasteiger partial charge in [-0.3, -0.25) is 0 Å². The van der Waals surface area contributed by atoms with Gasteiger partial charge in [0.15, 0.2) is 0 Å². The highest BCUT2D eigenvalue weighted by Gasteiger charge is 2.06. The summed E-state index contributed by atoms with van der Waals surface area (Å²) in [6.45, 7) is 0.0610. The lowest BCUT2D eigenvalue weighted by Crippen LogP contribution is -2.10. The summed E-state index contributed by atoms with van der Waals surface area (Å²) in [5.74, 6) is -0.235. The molecule has 21 heavy (non-hydrogen) atoms. The SMILES string of the molecule is OCC(CO)CCCc1ccc(-c2ccccc2F)cc1. The van der Waals surface area contributed by atoms with E-state index < -0.39 is 0 Å². The maximum atomic E-state index is 13.7. The molecule has 2 aromatic rings. The molecule has 0 fully saturated rings. The molecule has 0 saturated heterocycles. The molecular formula is C18H21FO2. The van der Waals surface area contributed by atoms with Gasteiger partial charge in [-0.15, -0.1) is 0 Å². The Kier molecular flexibility index (Phi) is 5.90. The largest absolute Gasteiger partial charge is 0.396 e. The lowest BCUT2D eigenvalue weighted by atomic mass is 9.98. The average molecular weight is 288 g/mol. The molecule has 0 amide bonds. The van der Waals surface area contributed by atoms with E-state index in [0.717, 1.165) is 24.8 Å². The van der Waals surface area contributed by atoms with E-state index in [1.807, 2.05) is 30.3 Å². The van der Waals surface area contributed by atoms with Crippen molar-refractivity contribution >= 4 is 0 Å². The molecule has 0 aliphatic heterocycles. The number of rotatable bonds is 7. The standard InChI is InChI=1S/C18H21FO2/c19-18-7-2-1-6-17(18)16-10-8-14(9-11-16)4-3-5-15(12-20)13-21/h1-2,6-11,15,20-21H,3-5,12-13H2. The van der Waals surface area contributed by atoms with E-state index in [9.17, 15) is 4.39 Å². The van der Waals surface area contributed by atoms with E-state index >= 15 is 0 Å². The molecule has 112 valence electrons. The summed E-state index contributed by atoms with van der Waals surface area (Å²) in [6, 6.07) is 14.6. The molecule has 0 saturated carbocycles. The van der Waals surface area contributed by atoms with E-state index in [4.69, 9.17) is 10.2 Å². The zero-order chi connectivity index (χ0) is 15.1. The van der Waals surface area contributed by atoms with Crippen molar-refractivity contribution in [1.82, 2.24) is 0 Å². The molecule has 0 atom stereocenters.